The van der Waals surface area contributed by atoms with E-state index in [0.717, 1.165) is 38.6 Å². The molecule has 0 aromatic carbocycles. The van der Waals surface area contributed by atoms with Gasteiger partial charge in [0.2, 0.25) is 0 Å². The second-order valence-corrected chi connectivity index (χ2v) is 8.53. The van der Waals surface area contributed by atoms with Crippen molar-refractivity contribution in [3.8, 4) is 0 Å². The Hall–Kier alpha value is -0.850. The number of hydrogen-bond acceptors (Lipinski definition) is 4. The first-order valence-corrected chi connectivity index (χ1v) is 9.98. The zero-order valence-corrected chi connectivity index (χ0v) is 16.5. The molecule has 3 rings (SSSR count). The van der Waals surface area contributed by atoms with Gasteiger partial charge in [0.15, 0.2) is 5.96 Å². The Morgan fingerprint density at radius 2 is 1.88 bits per heavy atom. The van der Waals surface area contributed by atoms with Crippen LogP contribution in [0.25, 0.3) is 0 Å². The predicted molar refractivity (Wildman–Crippen MR) is 101 cm³/mol. The quantitative estimate of drug-likeness (QED) is 0.583. The Balaban J connectivity index is 1.59. The van der Waals surface area contributed by atoms with Gasteiger partial charge in [-0.25, -0.2) is 0 Å². The van der Waals surface area contributed by atoms with Crippen molar-refractivity contribution >= 4 is 5.96 Å². The first-order chi connectivity index (χ1) is 11.9. The van der Waals surface area contributed by atoms with E-state index >= 15 is 0 Å². The van der Waals surface area contributed by atoms with Crippen LogP contribution in [0.1, 0.15) is 53.9 Å². The SMILES string of the molecule is CCNC(=NCC(C)(C)N1CC(C)OC(C)C1)NC1CC2CCC1O2. The molecule has 25 heavy (non-hydrogen) atoms. The summed E-state index contributed by atoms with van der Waals surface area (Å²) in [7, 11) is 0. The van der Waals surface area contributed by atoms with Gasteiger partial charge in [-0.2, -0.15) is 0 Å². The molecule has 5 atom stereocenters. The van der Waals surface area contributed by atoms with Crippen LogP contribution in [0.15, 0.2) is 4.99 Å². The topological polar surface area (TPSA) is 58.1 Å². The van der Waals surface area contributed by atoms with E-state index in [1.54, 1.807) is 0 Å². The fraction of sp³-hybridized carbons (Fsp3) is 0.947. The van der Waals surface area contributed by atoms with Gasteiger partial charge in [-0.05, 0) is 53.9 Å². The van der Waals surface area contributed by atoms with Crippen LogP contribution in [-0.2, 0) is 9.47 Å². The molecule has 0 aromatic rings. The highest BCUT2D eigenvalue weighted by atomic mass is 16.5. The minimum Gasteiger partial charge on any atom is -0.373 e. The van der Waals surface area contributed by atoms with Crippen LogP contribution < -0.4 is 10.6 Å². The van der Waals surface area contributed by atoms with E-state index < -0.39 is 0 Å². The summed E-state index contributed by atoms with van der Waals surface area (Å²) in [6.07, 6.45) is 4.89. The minimum atomic E-state index is 0.0137. The average molecular weight is 353 g/mol. The Labute approximate surface area is 152 Å². The number of morpholine rings is 1. The molecule has 5 unspecified atom stereocenters. The molecule has 0 aromatic heterocycles. The van der Waals surface area contributed by atoms with E-state index in [-0.39, 0.29) is 17.7 Å². The van der Waals surface area contributed by atoms with Gasteiger partial charge in [0.25, 0.3) is 0 Å². The molecule has 144 valence electrons. The van der Waals surface area contributed by atoms with Crippen LogP contribution in [0.5, 0.6) is 0 Å². The van der Waals surface area contributed by atoms with Gasteiger partial charge in [0, 0.05) is 25.2 Å². The summed E-state index contributed by atoms with van der Waals surface area (Å²) in [6, 6.07) is 0.406. The second kappa shape index (κ2) is 7.80. The largest absolute Gasteiger partial charge is 0.373 e. The van der Waals surface area contributed by atoms with E-state index in [4.69, 9.17) is 14.5 Å². The van der Waals surface area contributed by atoms with Crippen LogP contribution in [0.3, 0.4) is 0 Å². The number of guanidine groups is 1. The van der Waals surface area contributed by atoms with Crippen molar-refractivity contribution in [2.75, 3.05) is 26.2 Å². The van der Waals surface area contributed by atoms with Crippen molar-refractivity contribution in [3.05, 3.63) is 0 Å². The van der Waals surface area contributed by atoms with E-state index in [2.05, 4.69) is 50.2 Å². The highest BCUT2D eigenvalue weighted by Crippen LogP contribution is 2.34. The minimum absolute atomic E-state index is 0.0137. The van der Waals surface area contributed by atoms with Crippen LogP contribution in [0.2, 0.25) is 0 Å². The number of fused-ring (bicyclic) bond motifs is 2. The van der Waals surface area contributed by atoms with Crippen molar-refractivity contribution in [1.82, 2.24) is 15.5 Å². The Kier molecular flexibility index (Phi) is 5.91. The van der Waals surface area contributed by atoms with Crippen LogP contribution in [0.4, 0.5) is 0 Å². The summed E-state index contributed by atoms with van der Waals surface area (Å²) in [6.45, 7) is 14.6. The average Bonchev–Trinajstić information content (AvgIpc) is 3.15. The van der Waals surface area contributed by atoms with Gasteiger partial charge in [-0.1, -0.05) is 0 Å². The third-order valence-corrected chi connectivity index (χ3v) is 5.67. The van der Waals surface area contributed by atoms with Crippen LogP contribution >= 0.6 is 0 Å². The number of aliphatic imine (C=N–C) groups is 1. The maximum Gasteiger partial charge on any atom is 0.191 e. The van der Waals surface area contributed by atoms with Crippen molar-refractivity contribution in [2.24, 2.45) is 4.99 Å². The smallest absolute Gasteiger partial charge is 0.191 e. The molecule has 3 aliphatic rings. The Morgan fingerprint density at radius 1 is 1.16 bits per heavy atom. The molecule has 2 N–H and O–H groups in total. The van der Waals surface area contributed by atoms with E-state index in [1.165, 1.54) is 12.8 Å². The lowest BCUT2D eigenvalue weighted by Crippen LogP contribution is -2.56. The van der Waals surface area contributed by atoms with Crippen molar-refractivity contribution < 1.29 is 9.47 Å². The molecule has 3 aliphatic heterocycles. The molecule has 0 radical (unpaired) electrons. The zero-order valence-electron chi connectivity index (χ0n) is 16.5. The van der Waals surface area contributed by atoms with Gasteiger partial charge in [0.1, 0.15) is 0 Å². The van der Waals surface area contributed by atoms with Crippen LogP contribution in [-0.4, -0.2) is 73.0 Å². The third kappa shape index (κ3) is 4.66. The lowest BCUT2D eigenvalue weighted by molar-refractivity contribution is -0.0939. The van der Waals surface area contributed by atoms with Gasteiger partial charge < -0.3 is 20.1 Å². The highest BCUT2D eigenvalue weighted by molar-refractivity contribution is 5.80. The third-order valence-electron chi connectivity index (χ3n) is 5.67. The molecular formula is C19H36N4O2. The molecule has 0 spiro atoms. The van der Waals surface area contributed by atoms with E-state index in [1.807, 2.05) is 0 Å². The fourth-order valence-electron chi connectivity index (χ4n) is 4.33. The van der Waals surface area contributed by atoms with Gasteiger partial charge in [-0.3, -0.25) is 9.89 Å². The van der Waals surface area contributed by atoms with Crippen LogP contribution in [0, 0.1) is 0 Å². The number of ether oxygens (including phenoxy) is 2. The molecule has 6 heteroatoms. The molecule has 3 fully saturated rings. The van der Waals surface area contributed by atoms with E-state index in [9.17, 15) is 0 Å². The number of nitrogens with zero attached hydrogens (tertiary/aromatic N) is 2. The lowest BCUT2D eigenvalue weighted by Gasteiger charge is -2.44. The normalized spacial score (nSPS) is 36.7. The molecule has 3 heterocycles. The number of nitrogens with one attached hydrogen (secondary N) is 2. The molecule has 0 aliphatic carbocycles. The molecule has 2 bridgehead atoms. The monoisotopic (exact) mass is 352 g/mol. The molecule has 0 saturated carbocycles. The molecule has 3 saturated heterocycles. The maximum atomic E-state index is 5.96. The Bertz CT molecular complexity index is 472. The summed E-state index contributed by atoms with van der Waals surface area (Å²) in [5.41, 5.74) is 0.0137. The van der Waals surface area contributed by atoms with Crippen molar-refractivity contribution in [2.45, 2.75) is 89.9 Å². The zero-order chi connectivity index (χ0) is 18.0. The van der Waals surface area contributed by atoms with Gasteiger partial charge in [-0.15, -0.1) is 0 Å². The standard InChI is InChI=1S/C19H36N4O2/c1-6-20-18(22-16-9-15-7-8-17(16)25-15)21-12-19(4,5)23-10-13(2)24-14(3)11-23/h13-17H,6-12H2,1-5H3,(H2,20,21,22). The lowest BCUT2D eigenvalue weighted by atomic mass is 9.96. The van der Waals surface area contributed by atoms with Crippen molar-refractivity contribution in [3.63, 3.8) is 0 Å². The second-order valence-electron chi connectivity index (χ2n) is 8.53. The maximum absolute atomic E-state index is 5.96. The summed E-state index contributed by atoms with van der Waals surface area (Å²) in [5, 5.41) is 7.01. The molecule has 6 nitrogen and oxygen atoms in total. The molecule has 0 amide bonds. The number of hydrogen-bond donors (Lipinski definition) is 2. The fourth-order valence-corrected chi connectivity index (χ4v) is 4.33. The Morgan fingerprint density at radius 3 is 2.44 bits per heavy atom. The first-order valence-electron chi connectivity index (χ1n) is 9.98. The molecular weight excluding hydrogens is 316 g/mol. The van der Waals surface area contributed by atoms with Gasteiger partial charge in [0.05, 0.1) is 37.0 Å². The summed E-state index contributed by atoms with van der Waals surface area (Å²) in [5.74, 6) is 0.922. The first kappa shape index (κ1) is 18.9. The summed E-state index contributed by atoms with van der Waals surface area (Å²) >= 11 is 0. The highest BCUT2D eigenvalue weighted by Gasteiger charge is 2.41. The summed E-state index contributed by atoms with van der Waals surface area (Å²) < 4.78 is 11.8. The van der Waals surface area contributed by atoms with Crippen molar-refractivity contribution in [1.29, 1.82) is 0 Å². The summed E-state index contributed by atoms with van der Waals surface area (Å²) in [4.78, 5) is 7.43. The predicted octanol–water partition coefficient (Wildman–Crippen LogP) is 1.75. The van der Waals surface area contributed by atoms with E-state index in [0.29, 0.717) is 18.2 Å². The van der Waals surface area contributed by atoms with Gasteiger partial charge >= 0.3 is 0 Å². The number of rotatable bonds is 5.